The predicted octanol–water partition coefficient (Wildman–Crippen LogP) is 2.87. The van der Waals surface area contributed by atoms with Gasteiger partial charge in [-0.25, -0.2) is 9.98 Å². The topological polar surface area (TPSA) is 58.5 Å². The smallest absolute Gasteiger partial charge is 0.380 e. The number of halogens is 4. The molecule has 1 aromatic heterocycles. The van der Waals surface area contributed by atoms with Crippen LogP contribution in [0.1, 0.15) is 24.5 Å². The fraction of sp³-hybridized carbons (Fsp3) is 0.667. The monoisotopic (exact) mass is 452 g/mol. The summed E-state index contributed by atoms with van der Waals surface area (Å²) < 4.78 is 42.5. The molecule has 0 saturated carbocycles. The average Bonchev–Trinajstić information content (AvgIpc) is 2.89. The van der Waals surface area contributed by atoms with Crippen LogP contribution in [0.2, 0.25) is 0 Å². The Balaban J connectivity index is 0.00000441. The van der Waals surface area contributed by atoms with Crippen LogP contribution in [0.4, 0.5) is 13.2 Å². The van der Waals surface area contributed by atoms with E-state index in [-0.39, 0.29) is 30.5 Å². The van der Waals surface area contributed by atoms with Crippen molar-refractivity contribution in [2.45, 2.75) is 26.6 Å². The van der Waals surface area contributed by atoms with E-state index in [2.05, 4.69) is 20.6 Å². The minimum Gasteiger partial charge on any atom is -0.380 e. The Morgan fingerprint density at radius 1 is 1.36 bits per heavy atom. The molecule has 0 spiro atoms. The summed E-state index contributed by atoms with van der Waals surface area (Å²) >= 11 is 0.950. The van der Waals surface area contributed by atoms with Gasteiger partial charge in [0.2, 0.25) is 0 Å². The summed E-state index contributed by atoms with van der Waals surface area (Å²) in [7, 11) is 0. The molecular formula is C12H20F3IN4OS. The molecule has 1 aromatic rings. The molecule has 5 nitrogen and oxygen atoms in total. The van der Waals surface area contributed by atoms with Gasteiger partial charge >= 0.3 is 6.18 Å². The second kappa shape index (κ2) is 11.0. The Kier molecular flexibility index (Phi) is 10.7. The van der Waals surface area contributed by atoms with Gasteiger partial charge in [0.25, 0.3) is 0 Å². The number of ether oxygens (including phenoxy) is 1. The summed E-state index contributed by atoms with van der Waals surface area (Å²) in [6, 6.07) is 0. The molecule has 0 saturated heterocycles. The first-order chi connectivity index (χ1) is 9.97. The lowest BCUT2D eigenvalue weighted by atomic mass is 10.5. The van der Waals surface area contributed by atoms with E-state index in [4.69, 9.17) is 4.74 Å². The van der Waals surface area contributed by atoms with Gasteiger partial charge in [0, 0.05) is 25.1 Å². The molecule has 0 radical (unpaired) electrons. The van der Waals surface area contributed by atoms with Crippen molar-refractivity contribution in [1.29, 1.82) is 0 Å². The number of alkyl halides is 3. The van der Waals surface area contributed by atoms with Gasteiger partial charge in [-0.3, -0.25) is 0 Å². The molecule has 0 atom stereocenters. The molecule has 0 aliphatic rings. The number of nitrogens with one attached hydrogen (secondary N) is 2. The van der Waals surface area contributed by atoms with Crippen molar-refractivity contribution in [2.75, 3.05) is 26.3 Å². The van der Waals surface area contributed by atoms with E-state index in [1.807, 2.05) is 13.8 Å². The number of guanidine groups is 1. The molecule has 0 aromatic carbocycles. The van der Waals surface area contributed by atoms with E-state index in [9.17, 15) is 13.2 Å². The zero-order valence-corrected chi connectivity index (χ0v) is 15.5. The summed E-state index contributed by atoms with van der Waals surface area (Å²) in [6.45, 7) is 6.32. The maximum absolute atomic E-state index is 12.4. The normalized spacial score (nSPS) is 12.0. The summed E-state index contributed by atoms with van der Waals surface area (Å²) in [5, 5.41) is 7.36. The van der Waals surface area contributed by atoms with Crippen LogP contribution in [0.5, 0.6) is 0 Å². The summed E-state index contributed by atoms with van der Waals surface area (Å²) in [5.74, 6) is 0.529. The molecule has 0 unspecified atom stereocenters. The number of rotatable bonds is 7. The predicted molar refractivity (Wildman–Crippen MR) is 91.8 cm³/mol. The van der Waals surface area contributed by atoms with Gasteiger partial charge in [-0.2, -0.15) is 13.2 Å². The third kappa shape index (κ3) is 8.13. The Bertz CT molecular complexity index is 454. The molecule has 0 amide bonds. The number of thiazole rings is 1. The maximum atomic E-state index is 12.4. The van der Waals surface area contributed by atoms with Crippen LogP contribution in [0.15, 0.2) is 10.4 Å². The first-order valence-electron chi connectivity index (χ1n) is 6.58. The molecule has 128 valence electrons. The van der Waals surface area contributed by atoms with Crippen LogP contribution in [0.3, 0.4) is 0 Å². The fourth-order valence-corrected chi connectivity index (χ4v) is 2.11. The zero-order chi connectivity index (χ0) is 15.7. The van der Waals surface area contributed by atoms with Crippen LogP contribution in [0, 0.1) is 0 Å². The van der Waals surface area contributed by atoms with Crippen LogP contribution in [-0.2, 0) is 17.5 Å². The van der Waals surface area contributed by atoms with Crippen molar-refractivity contribution in [3.05, 3.63) is 16.1 Å². The molecule has 1 heterocycles. The lowest BCUT2D eigenvalue weighted by Crippen LogP contribution is -2.39. The van der Waals surface area contributed by atoms with E-state index in [0.29, 0.717) is 37.3 Å². The second-order valence-electron chi connectivity index (χ2n) is 3.94. The van der Waals surface area contributed by atoms with Crippen LogP contribution >= 0.6 is 35.3 Å². The van der Waals surface area contributed by atoms with Crippen molar-refractivity contribution in [3.8, 4) is 0 Å². The number of hydrogen-bond donors (Lipinski definition) is 2. The summed E-state index contributed by atoms with van der Waals surface area (Å²) in [5.41, 5.74) is -0.869. The first kappa shape index (κ1) is 21.4. The Hall–Kier alpha value is -0.620. The highest BCUT2D eigenvalue weighted by Crippen LogP contribution is 2.30. The largest absolute Gasteiger partial charge is 0.434 e. The molecule has 22 heavy (non-hydrogen) atoms. The standard InChI is InChI=1S/C12H19F3N4OS.HI/c1-3-16-11(17-5-6-20-4-2)18-7-10-19-9(8-21-10)12(13,14)15;/h8H,3-7H2,1-2H3,(H2,16,17,18);1H. The molecule has 0 aliphatic heterocycles. The van der Waals surface area contributed by atoms with E-state index in [0.717, 1.165) is 16.7 Å². The average molecular weight is 452 g/mol. The van der Waals surface area contributed by atoms with E-state index >= 15 is 0 Å². The maximum Gasteiger partial charge on any atom is 0.434 e. The molecular weight excluding hydrogens is 432 g/mol. The third-order valence-corrected chi connectivity index (χ3v) is 3.14. The van der Waals surface area contributed by atoms with E-state index < -0.39 is 11.9 Å². The third-order valence-electron chi connectivity index (χ3n) is 2.30. The van der Waals surface area contributed by atoms with Gasteiger partial charge in [-0.05, 0) is 13.8 Å². The van der Waals surface area contributed by atoms with Gasteiger partial charge in [0.15, 0.2) is 11.7 Å². The molecule has 0 aliphatic carbocycles. The van der Waals surface area contributed by atoms with Crippen LogP contribution in [-0.4, -0.2) is 37.2 Å². The number of hydrogen-bond acceptors (Lipinski definition) is 4. The molecule has 2 N–H and O–H groups in total. The fourth-order valence-electron chi connectivity index (χ4n) is 1.39. The van der Waals surface area contributed by atoms with Crippen molar-refractivity contribution in [1.82, 2.24) is 15.6 Å². The zero-order valence-electron chi connectivity index (χ0n) is 12.4. The summed E-state index contributed by atoms with van der Waals surface area (Å²) in [6.07, 6.45) is -4.40. The van der Waals surface area contributed by atoms with Gasteiger partial charge in [-0.15, -0.1) is 35.3 Å². The SMILES string of the molecule is CCNC(=NCc1nc(C(F)(F)F)cs1)NCCOCC.I. The Labute approximate surface area is 148 Å². The molecule has 0 bridgehead atoms. The number of aromatic nitrogens is 1. The molecule has 1 rings (SSSR count). The first-order valence-corrected chi connectivity index (χ1v) is 7.46. The van der Waals surface area contributed by atoms with Crippen molar-refractivity contribution < 1.29 is 17.9 Å². The summed E-state index contributed by atoms with van der Waals surface area (Å²) in [4.78, 5) is 7.73. The van der Waals surface area contributed by atoms with Crippen molar-refractivity contribution in [3.63, 3.8) is 0 Å². The van der Waals surface area contributed by atoms with E-state index in [1.54, 1.807) is 0 Å². The highest BCUT2D eigenvalue weighted by Gasteiger charge is 2.33. The minimum absolute atomic E-state index is 0. The van der Waals surface area contributed by atoms with E-state index in [1.165, 1.54) is 0 Å². The molecule has 10 heteroatoms. The Morgan fingerprint density at radius 3 is 2.64 bits per heavy atom. The van der Waals surface area contributed by atoms with Crippen LogP contribution in [0.25, 0.3) is 0 Å². The van der Waals surface area contributed by atoms with Crippen molar-refractivity contribution >= 4 is 41.3 Å². The second-order valence-corrected chi connectivity index (χ2v) is 4.89. The minimum atomic E-state index is -4.40. The lowest BCUT2D eigenvalue weighted by Gasteiger charge is -2.10. The van der Waals surface area contributed by atoms with Gasteiger partial charge < -0.3 is 15.4 Å². The lowest BCUT2D eigenvalue weighted by molar-refractivity contribution is -0.140. The molecule has 0 fully saturated rings. The van der Waals surface area contributed by atoms with Gasteiger partial charge in [-0.1, -0.05) is 0 Å². The van der Waals surface area contributed by atoms with Gasteiger partial charge in [0.05, 0.1) is 13.2 Å². The number of aliphatic imine (C=N–C) groups is 1. The van der Waals surface area contributed by atoms with Gasteiger partial charge in [0.1, 0.15) is 5.01 Å². The quantitative estimate of drug-likeness (QED) is 0.289. The Morgan fingerprint density at radius 2 is 2.09 bits per heavy atom. The van der Waals surface area contributed by atoms with Crippen LogP contribution < -0.4 is 10.6 Å². The van der Waals surface area contributed by atoms with Crippen molar-refractivity contribution in [2.24, 2.45) is 4.99 Å². The highest BCUT2D eigenvalue weighted by molar-refractivity contribution is 14.0. The highest BCUT2D eigenvalue weighted by atomic mass is 127. The number of nitrogens with zero attached hydrogens (tertiary/aromatic N) is 2.